The monoisotopic (exact) mass is 273 g/mol. The summed E-state index contributed by atoms with van der Waals surface area (Å²) < 4.78 is 0. The molecular formula is C15H19N3O2. The molecule has 106 valence electrons. The molecule has 0 fully saturated rings. The predicted molar refractivity (Wildman–Crippen MR) is 75.6 cm³/mol. The van der Waals surface area contributed by atoms with E-state index in [0.717, 1.165) is 12.8 Å². The van der Waals surface area contributed by atoms with E-state index in [4.69, 9.17) is 5.26 Å². The molecule has 1 unspecified atom stereocenters. The average Bonchev–Trinajstić information content (AvgIpc) is 2.49. The molecule has 0 radical (unpaired) electrons. The molecule has 1 rings (SSSR count). The van der Waals surface area contributed by atoms with Gasteiger partial charge in [-0.05, 0) is 25.3 Å². The second kappa shape index (κ2) is 8.70. The van der Waals surface area contributed by atoms with Crippen LogP contribution in [0, 0.1) is 17.2 Å². The summed E-state index contributed by atoms with van der Waals surface area (Å²) in [6, 6.07) is 11.9. The molecule has 1 atom stereocenters. The summed E-state index contributed by atoms with van der Waals surface area (Å²) in [4.78, 5) is 22.8. The van der Waals surface area contributed by atoms with Gasteiger partial charge in [0.1, 0.15) is 0 Å². The summed E-state index contributed by atoms with van der Waals surface area (Å²) in [6.07, 6.45) is 1.63. The van der Waals surface area contributed by atoms with Gasteiger partial charge in [0.15, 0.2) is 0 Å². The number of carbonyl (C=O) groups excluding carboxylic acids is 2. The predicted octanol–water partition coefficient (Wildman–Crippen LogP) is 1.01. The number of amides is 2. The van der Waals surface area contributed by atoms with Crippen LogP contribution in [0.5, 0.6) is 0 Å². The minimum Gasteiger partial charge on any atom is -0.348 e. The lowest BCUT2D eigenvalue weighted by Gasteiger charge is -2.07. The van der Waals surface area contributed by atoms with Crippen molar-refractivity contribution in [3.05, 3.63) is 35.9 Å². The Kier molecular flexibility index (Phi) is 6.83. The van der Waals surface area contributed by atoms with Crippen molar-refractivity contribution in [3.63, 3.8) is 0 Å². The van der Waals surface area contributed by atoms with Crippen LogP contribution in [0.3, 0.4) is 0 Å². The topological polar surface area (TPSA) is 82.0 Å². The van der Waals surface area contributed by atoms with Crippen LogP contribution in [-0.2, 0) is 16.0 Å². The van der Waals surface area contributed by atoms with Gasteiger partial charge >= 0.3 is 11.8 Å². The van der Waals surface area contributed by atoms with Crippen molar-refractivity contribution in [2.24, 2.45) is 5.92 Å². The normalized spacial score (nSPS) is 11.2. The molecule has 0 saturated heterocycles. The number of nitrogens with one attached hydrogen (secondary N) is 2. The second-order valence-corrected chi connectivity index (χ2v) is 4.59. The SMILES string of the molecule is CC(C#N)CNC(=O)C(=O)NCCCc1ccccc1. The number of hydrogen-bond acceptors (Lipinski definition) is 3. The van der Waals surface area contributed by atoms with Crippen LogP contribution in [0.4, 0.5) is 0 Å². The first-order chi connectivity index (χ1) is 9.63. The molecule has 5 heteroatoms. The highest BCUT2D eigenvalue weighted by Crippen LogP contribution is 2.01. The Morgan fingerprint density at radius 3 is 2.50 bits per heavy atom. The summed E-state index contributed by atoms with van der Waals surface area (Å²) >= 11 is 0. The lowest BCUT2D eigenvalue weighted by Crippen LogP contribution is -2.41. The fourth-order valence-corrected chi connectivity index (χ4v) is 1.59. The molecule has 20 heavy (non-hydrogen) atoms. The number of hydrogen-bond donors (Lipinski definition) is 2. The summed E-state index contributed by atoms with van der Waals surface area (Å²) in [5.74, 6) is -1.64. The van der Waals surface area contributed by atoms with Gasteiger partial charge in [-0.15, -0.1) is 0 Å². The fourth-order valence-electron chi connectivity index (χ4n) is 1.59. The van der Waals surface area contributed by atoms with Gasteiger partial charge in [-0.1, -0.05) is 30.3 Å². The Morgan fingerprint density at radius 1 is 1.20 bits per heavy atom. The summed E-state index contributed by atoms with van der Waals surface area (Å²) in [7, 11) is 0. The van der Waals surface area contributed by atoms with Gasteiger partial charge < -0.3 is 10.6 Å². The maximum atomic E-state index is 11.4. The zero-order valence-electron chi connectivity index (χ0n) is 11.6. The molecule has 0 aliphatic rings. The lowest BCUT2D eigenvalue weighted by atomic mass is 10.1. The van der Waals surface area contributed by atoms with E-state index < -0.39 is 11.8 Å². The van der Waals surface area contributed by atoms with Crippen molar-refractivity contribution in [3.8, 4) is 6.07 Å². The lowest BCUT2D eigenvalue weighted by molar-refractivity contribution is -0.139. The van der Waals surface area contributed by atoms with Crippen molar-refractivity contribution in [2.75, 3.05) is 13.1 Å². The van der Waals surface area contributed by atoms with E-state index in [0.29, 0.717) is 6.54 Å². The Morgan fingerprint density at radius 2 is 1.85 bits per heavy atom. The fraction of sp³-hybridized carbons (Fsp3) is 0.400. The van der Waals surface area contributed by atoms with E-state index in [1.165, 1.54) is 5.56 Å². The Balaban J connectivity index is 2.17. The molecule has 0 aromatic heterocycles. The summed E-state index contributed by atoms with van der Waals surface area (Å²) in [5.41, 5.74) is 1.20. The van der Waals surface area contributed by atoms with Crippen molar-refractivity contribution < 1.29 is 9.59 Å². The number of nitriles is 1. The smallest absolute Gasteiger partial charge is 0.309 e. The molecule has 2 amide bonds. The van der Waals surface area contributed by atoms with Crippen molar-refractivity contribution in [2.45, 2.75) is 19.8 Å². The first kappa shape index (κ1) is 15.7. The number of nitrogens with zero attached hydrogens (tertiary/aromatic N) is 1. The molecule has 1 aromatic rings. The van der Waals surface area contributed by atoms with Crippen LogP contribution < -0.4 is 10.6 Å². The largest absolute Gasteiger partial charge is 0.348 e. The number of benzene rings is 1. The first-order valence-electron chi connectivity index (χ1n) is 6.63. The molecule has 0 spiro atoms. The molecule has 2 N–H and O–H groups in total. The summed E-state index contributed by atoms with van der Waals surface area (Å²) in [6.45, 7) is 2.32. The van der Waals surface area contributed by atoms with Crippen LogP contribution in [0.25, 0.3) is 0 Å². The summed E-state index contributed by atoms with van der Waals surface area (Å²) in [5, 5.41) is 13.5. The highest BCUT2D eigenvalue weighted by atomic mass is 16.2. The van der Waals surface area contributed by atoms with E-state index in [-0.39, 0.29) is 12.5 Å². The van der Waals surface area contributed by atoms with E-state index >= 15 is 0 Å². The maximum Gasteiger partial charge on any atom is 0.309 e. The molecule has 0 aliphatic carbocycles. The van der Waals surface area contributed by atoms with Gasteiger partial charge in [-0.3, -0.25) is 9.59 Å². The zero-order chi connectivity index (χ0) is 14.8. The minimum atomic E-state index is -0.688. The molecule has 0 bridgehead atoms. The maximum absolute atomic E-state index is 11.4. The van der Waals surface area contributed by atoms with Gasteiger partial charge in [-0.25, -0.2) is 0 Å². The first-order valence-corrected chi connectivity index (χ1v) is 6.63. The quantitative estimate of drug-likeness (QED) is 0.599. The van der Waals surface area contributed by atoms with Crippen LogP contribution >= 0.6 is 0 Å². The van der Waals surface area contributed by atoms with Crippen LogP contribution in [0.15, 0.2) is 30.3 Å². The van der Waals surface area contributed by atoms with E-state index in [1.54, 1.807) is 6.92 Å². The number of rotatable bonds is 6. The van der Waals surface area contributed by atoms with Gasteiger partial charge in [-0.2, -0.15) is 5.26 Å². The van der Waals surface area contributed by atoms with E-state index in [1.807, 2.05) is 36.4 Å². The van der Waals surface area contributed by atoms with Crippen molar-refractivity contribution >= 4 is 11.8 Å². The standard InChI is InChI=1S/C15H19N3O2/c1-12(10-16)11-18-15(20)14(19)17-9-5-8-13-6-3-2-4-7-13/h2-4,6-7,12H,5,8-9,11H2,1H3,(H,17,19)(H,18,20). The van der Waals surface area contributed by atoms with Gasteiger partial charge in [0.25, 0.3) is 0 Å². The van der Waals surface area contributed by atoms with Crippen molar-refractivity contribution in [1.29, 1.82) is 5.26 Å². The van der Waals surface area contributed by atoms with Gasteiger partial charge in [0.05, 0.1) is 12.0 Å². The van der Waals surface area contributed by atoms with Crippen LogP contribution in [-0.4, -0.2) is 24.9 Å². The van der Waals surface area contributed by atoms with E-state index in [2.05, 4.69) is 10.6 Å². The molecule has 1 aromatic carbocycles. The Labute approximate surface area is 119 Å². The Bertz CT molecular complexity index is 480. The highest BCUT2D eigenvalue weighted by molar-refractivity contribution is 6.35. The molecule has 5 nitrogen and oxygen atoms in total. The third-order valence-corrected chi connectivity index (χ3v) is 2.77. The second-order valence-electron chi connectivity index (χ2n) is 4.59. The molecular weight excluding hydrogens is 254 g/mol. The molecule has 0 saturated carbocycles. The van der Waals surface area contributed by atoms with Crippen LogP contribution in [0.2, 0.25) is 0 Å². The number of aryl methyl sites for hydroxylation is 1. The zero-order valence-corrected chi connectivity index (χ0v) is 11.6. The van der Waals surface area contributed by atoms with Crippen molar-refractivity contribution in [1.82, 2.24) is 10.6 Å². The minimum absolute atomic E-state index is 0.187. The van der Waals surface area contributed by atoms with E-state index in [9.17, 15) is 9.59 Å². The van der Waals surface area contributed by atoms with Gasteiger partial charge in [0.2, 0.25) is 0 Å². The molecule has 0 aliphatic heterocycles. The average molecular weight is 273 g/mol. The van der Waals surface area contributed by atoms with Crippen LogP contribution in [0.1, 0.15) is 18.9 Å². The highest BCUT2D eigenvalue weighted by Gasteiger charge is 2.13. The number of carbonyl (C=O) groups is 2. The Hall–Kier alpha value is -2.35. The van der Waals surface area contributed by atoms with Gasteiger partial charge in [0, 0.05) is 13.1 Å². The third kappa shape index (κ3) is 6.01. The molecule has 0 heterocycles. The third-order valence-electron chi connectivity index (χ3n) is 2.77.